The second-order valence-electron chi connectivity index (χ2n) is 3.63. The van der Waals surface area contributed by atoms with E-state index in [0.29, 0.717) is 0 Å². The molecule has 1 aliphatic carbocycles. The fraction of sp³-hybridized carbons (Fsp3) is 0.556. The van der Waals surface area contributed by atoms with Crippen LogP contribution in [0.25, 0.3) is 0 Å². The van der Waals surface area contributed by atoms with E-state index in [-0.39, 0.29) is 0 Å². The number of fused-ring (bicyclic) bond motifs is 3. The monoisotopic (exact) mass is 133 g/mol. The average molecular weight is 133 g/mol. The molecule has 3 unspecified atom stereocenters. The van der Waals surface area contributed by atoms with E-state index >= 15 is 0 Å². The van der Waals surface area contributed by atoms with Crippen molar-refractivity contribution < 1.29 is 0 Å². The van der Waals surface area contributed by atoms with E-state index in [0.717, 1.165) is 17.8 Å². The van der Waals surface area contributed by atoms with Gasteiger partial charge in [0.1, 0.15) is 0 Å². The fourth-order valence-electron chi connectivity index (χ4n) is 2.44. The summed E-state index contributed by atoms with van der Waals surface area (Å²) >= 11 is 0. The van der Waals surface area contributed by atoms with E-state index in [1.165, 1.54) is 6.54 Å². The van der Waals surface area contributed by atoms with Crippen molar-refractivity contribution >= 4 is 0 Å². The van der Waals surface area contributed by atoms with Crippen LogP contribution in [0.1, 0.15) is 18.5 Å². The van der Waals surface area contributed by atoms with Gasteiger partial charge in [0.2, 0.25) is 0 Å². The van der Waals surface area contributed by atoms with Gasteiger partial charge in [0.25, 0.3) is 0 Å². The average Bonchev–Trinajstić information content (AvgIpc) is 2.27. The normalized spacial score (nSPS) is 41.1. The molecule has 3 atom stereocenters. The van der Waals surface area contributed by atoms with Crippen molar-refractivity contribution in [3.8, 4) is 0 Å². The van der Waals surface area contributed by atoms with Crippen LogP contribution in [0.4, 0.5) is 0 Å². The first-order valence-electron chi connectivity index (χ1n) is 4.03. The molecule has 0 bridgehead atoms. The Hall–Kier alpha value is -0.720. The van der Waals surface area contributed by atoms with Gasteiger partial charge in [-0.3, -0.25) is 0 Å². The lowest BCUT2D eigenvalue weighted by Gasteiger charge is -2.01. The Morgan fingerprint density at radius 2 is 2.50 bits per heavy atom. The number of aromatic nitrogens is 1. The number of nitrogens with zero attached hydrogens (tertiary/aromatic N) is 1. The lowest BCUT2D eigenvalue weighted by Crippen LogP contribution is -1.97. The van der Waals surface area contributed by atoms with E-state index in [1.54, 1.807) is 5.69 Å². The van der Waals surface area contributed by atoms with Gasteiger partial charge in [0.05, 0.1) is 0 Å². The van der Waals surface area contributed by atoms with E-state index in [4.69, 9.17) is 0 Å². The molecule has 52 valence electrons. The first kappa shape index (κ1) is 5.00. The van der Waals surface area contributed by atoms with Crippen molar-refractivity contribution in [3.05, 3.63) is 24.0 Å². The SMILES string of the molecule is CC1C2Cn3cccc3C12. The minimum Gasteiger partial charge on any atom is -0.351 e. The number of hydrogen-bond donors (Lipinski definition) is 0. The molecule has 2 heterocycles. The largest absolute Gasteiger partial charge is 0.351 e. The maximum Gasteiger partial charge on any atom is 0.0259 e. The van der Waals surface area contributed by atoms with E-state index in [9.17, 15) is 0 Å². The molecule has 0 spiro atoms. The summed E-state index contributed by atoms with van der Waals surface area (Å²) in [5, 5.41) is 0. The summed E-state index contributed by atoms with van der Waals surface area (Å²) in [5.74, 6) is 2.90. The van der Waals surface area contributed by atoms with E-state index in [1.807, 2.05) is 0 Å². The highest BCUT2D eigenvalue weighted by atomic mass is 15.0. The van der Waals surface area contributed by atoms with Gasteiger partial charge in [-0.05, 0) is 24.0 Å². The molecule has 1 aromatic rings. The molecule has 0 saturated heterocycles. The molecule has 1 nitrogen and oxygen atoms in total. The molecule has 3 rings (SSSR count). The van der Waals surface area contributed by atoms with Crippen LogP contribution in [0.15, 0.2) is 18.3 Å². The molecule has 0 amide bonds. The van der Waals surface area contributed by atoms with Gasteiger partial charge in [0.15, 0.2) is 0 Å². The third-order valence-corrected chi connectivity index (χ3v) is 3.18. The van der Waals surface area contributed by atoms with Crippen molar-refractivity contribution in [2.24, 2.45) is 11.8 Å². The van der Waals surface area contributed by atoms with Crippen LogP contribution in [0.5, 0.6) is 0 Å². The summed E-state index contributed by atoms with van der Waals surface area (Å²) in [5.41, 5.74) is 1.58. The molecule has 2 aliphatic rings. The molecular formula is C9H11N. The second-order valence-corrected chi connectivity index (χ2v) is 3.63. The van der Waals surface area contributed by atoms with Crippen LogP contribution in [0, 0.1) is 11.8 Å². The molecule has 10 heavy (non-hydrogen) atoms. The Bertz CT molecular complexity index is 274. The van der Waals surface area contributed by atoms with Gasteiger partial charge < -0.3 is 4.57 Å². The molecule has 1 heteroatoms. The Kier molecular flexibility index (Phi) is 0.657. The summed E-state index contributed by atoms with van der Waals surface area (Å²) < 4.78 is 2.40. The van der Waals surface area contributed by atoms with Crippen LogP contribution in [0.2, 0.25) is 0 Å². The van der Waals surface area contributed by atoms with Crippen molar-refractivity contribution in [1.29, 1.82) is 0 Å². The minimum atomic E-state index is 0.926. The minimum absolute atomic E-state index is 0.926. The molecule has 1 aromatic heterocycles. The third kappa shape index (κ3) is 0.386. The Morgan fingerprint density at radius 1 is 1.60 bits per heavy atom. The van der Waals surface area contributed by atoms with Crippen LogP contribution in [-0.2, 0) is 6.54 Å². The van der Waals surface area contributed by atoms with Crippen LogP contribution in [-0.4, -0.2) is 4.57 Å². The fourth-order valence-corrected chi connectivity index (χ4v) is 2.44. The number of rotatable bonds is 0. The Balaban J connectivity index is 2.14. The lowest BCUT2D eigenvalue weighted by atomic mass is 10.2. The summed E-state index contributed by atoms with van der Waals surface area (Å²) in [4.78, 5) is 0. The molecule has 0 radical (unpaired) electrons. The van der Waals surface area contributed by atoms with Crippen LogP contribution >= 0.6 is 0 Å². The van der Waals surface area contributed by atoms with E-state index < -0.39 is 0 Å². The smallest absolute Gasteiger partial charge is 0.0259 e. The van der Waals surface area contributed by atoms with Crippen LogP contribution < -0.4 is 0 Å². The molecular weight excluding hydrogens is 122 g/mol. The highest BCUT2D eigenvalue weighted by molar-refractivity contribution is 5.27. The van der Waals surface area contributed by atoms with Gasteiger partial charge in [-0.25, -0.2) is 0 Å². The zero-order valence-corrected chi connectivity index (χ0v) is 6.12. The van der Waals surface area contributed by atoms with Crippen molar-refractivity contribution in [3.63, 3.8) is 0 Å². The summed E-state index contributed by atoms with van der Waals surface area (Å²) in [7, 11) is 0. The standard InChI is InChI=1S/C9H11N/c1-6-7-5-10-4-2-3-8(10)9(6)7/h2-4,6-7,9H,5H2,1H3. The van der Waals surface area contributed by atoms with Crippen molar-refractivity contribution in [2.75, 3.05) is 0 Å². The summed E-state index contributed by atoms with van der Waals surface area (Å²) in [6.45, 7) is 3.65. The van der Waals surface area contributed by atoms with Crippen LogP contribution in [0.3, 0.4) is 0 Å². The summed E-state index contributed by atoms with van der Waals surface area (Å²) in [6, 6.07) is 4.44. The Morgan fingerprint density at radius 3 is 3.40 bits per heavy atom. The zero-order valence-electron chi connectivity index (χ0n) is 6.12. The van der Waals surface area contributed by atoms with E-state index in [2.05, 4.69) is 29.8 Å². The first-order chi connectivity index (χ1) is 4.88. The zero-order chi connectivity index (χ0) is 6.72. The van der Waals surface area contributed by atoms with Crippen molar-refractivity contribution in [1.82, 2.24) is 4.57 Å². The van der Waals surface area contributed by atoms with Gasteiger partial charge in [-0.2, -0.15) is 0 Å². The predicted molar refractivity (Wildman–Crippen MR) is 39.8 cm³/mol. The second kappa shape index (κ2) is 1.31. The highest BCUT2D eigenvalue weighted by Crippen LogP contribution is 2.58. The number of hydrogen-bond acceptors (Lipinski definition) is 0. The maximum atomic E-state index is 2.40. The molecule has 0 N–H and O–H groups in total. The Labute approximate surface area is 60.7 Å². The topological polar surface area (TPSA) is 4.93 Å². The lowest BCUT2D eigenvalue weighted by molar-refractivity contribution is 0.611. The maximum absolute atomic E-state index is 2.40. The predicted octanol–water partition coefficient (Wildman–Crippen LogP) is 1.85. The van der Waals surface area contributed by atoms with Crippen molar-refractivity contribution in [2.45, 2.75) is 19.4 Å². The summed E-state index contributed by atoms with van der Waals surface area (Å²) in [6.07, 6.45) is 2.20. The first-order valence-corrected chi connectivity index (χ1v) is 4.03. The van der Waals surface area contributed by atoms with Gasteiger partial charge in [-0.1, -0.05) is 6.92 Å². The quantitative estimate of drug-likeness (QED) is 0.509. The molecule has 1 saturated carbocycles. The van der Waals surface area contributed by atoms with Gasteiger partial charge in [0, 0.05) is 24.4 Å². The van der Waals surface area contributed by atoms with Gasteiger partial charge >= 0.3 is 0 Å². The molecule has 1 aliphatic heterocycles. The molecule has 1 fully saturated rings. The highest BCUT2D eigenvalue weighted by Gasteiger charge is 2.52. The van der Waals surface area contributed by atoms with Gasteiger partial charge in [-0.15, -0.1) is 0 Å². The third-order valence-electron chi connectivity index (χ3n) is 3.18. The molecule has 0 aromatic carbocycles.